The number of rotatable bonds is 4. The first-order chi connectivity index (χ1) is 12.7. The monoisotopic (exact) mass is 383 g/mol. The maximum Gasteiger partial charge on any atom is 0.416 e. The van der Waals surface area contributed by atoms with Crippen LogP contribution in [0.5, 0.6) is 0 Å². The van der Waals surface area contributed by atoms with Gasteiger partial charge in [0.2, 0.25) is 0 Å². The fourth-order valence-electron chi connectivity index (χ4n) is 4.53. The average molecular weight is 383 g/mol. The van der Waals surface area contributed by atoms with Crippen molar-refractivity contribution in [1.29, 1.82) is 0 Å². The molecule has 144 valence electrons. The third-order valence-electron chi connectivity index (χ3n) is 5.57. The first-order valence-electron chi connectivity index (χ1n) is 8.58. The lowest BCUT2D eigenvalue weighted by molar-refractivity contribution is -0.157. The van der Waals surface area contributed by atoms with E-state index in [1.54, 1.807) is 0 Å². The summed E-state index contributed by atoms with van der Waals surface area (Å²) >= 11 is 0. The summed E-state index contributed by atoms with van der Waals surface area (Å²) in [6.07, 6.45) is -3.27. The van der Waals surface area contributed by atoms with Crippen LogP contribution in [0.4, 0.5) is 18.9 Å². The van der Waals surface area contributed by atoms with Gasteiger partial charge in [-0.1, -0.05) is 6.07 Å². The van der Waals surface area contributed by atoms with E-state index in [0.29, 0.717) is 6.42 Å². The fourth-order valence-corrected chi connectivity index (χ4v) is 4.53. The average Bonchev–Trinajstić information content (AvgIpc) is 3.21. The lowest BCUT2D eigenvalue weighted by atomic mass is 9.80. The number of esters is 2. The lowest BCUT2D eigenvalue weighted by Crippen LogP contribution is -2.34. The summed E-state index contributed by atoms with van der Waals surface area (Å²) in [5.74, 6) is -2.84. The molecule has 1 aromatic rings. The molecule has 3 fully saturated rings. The van der Waals surface area contributed by atoms with E-state index < -0.39 is 42.1 Å². The normalized spacial score (nSPS) is 30.9. The highest BCUT2D eigenvalue weighted by atomic mass is 19.4. The van der Waals surface area contributed by atoms with Crippen LogP contribution in [0.1, 0.15) is 18.4 Å². The third-order valence-corrected chi connectivity index (χ3v) is 5.57. The van der Waals surface area contributed by atoms with Crippen LogP contribution in [0.15, 0.2) is 24.3 Å². The van der Waals surface area contributed by atoms with Crippen LogP contribution in [-0.4, -0.2) is 30.6 Å². The summed E-state index contributed by atoms with van der Waals surface area (Å²) in [4.78, 5) is 36.2. The number of carbonyl (C=O) groups is 3. The topological polar surface area (TPSA) is 81.7 Å². The maximum atomic E-state index is 12.7. The maximum absolute atomic E-state index is 12.7. The Hall–Kier alpha value is -2.58. The molecular weight excluding hydrogens is 367 g/mol. The van der Waals surface area contributed by atoms with Gasteiger partial charge >= 0.3 is 18.1 Å². The van der Waals surface area contributed by atoms with Crippen molar-refractivity contribution in [1.82, 2.24) is 0 Å². The second-order valence-corrected chi connectivity index (χ2v) is 7.16. The number of hydrogen-bond acceptors (Lipinski definition) is 5. The predicted octanol–water partition coefficient (Wildman–Crippen LogP) is 2.38. The second-order valence-electron chi connectivity index (χ2n) is 7.16. The first-order valence-corrected chi connectivity index (χ1v) is 8.58. The van der Waals surface area contributed by atoms with Crippen molar-refractivity contribution in [3.05, 3.63) is 29.8 Å². The van der Waals surface area contributed by atoms with Crippen molar-refractivity contribution in [2.75, 3.05) is 11.9 Å². The summed E-state index contributed by atoms with van der Waals surface area (Å²) < 4.78 is 48.3. The van der Waals surface area contributed by atoms with E-state index in [2.05, 4.69) is 5.32 Å². The van der Waals surface area contributed by atoms with E-state index in [4.69, 9.17) is 9.47 Å². The van der Waals surface area contributed by atoms with E-state index >= 15 is 0 Å². The molecular formula is C18H16F3NO5. The Labute approximate surface area is 152 Å². The van der Waals surface area contributed by atoms with Gasteiger partial charge in [0.15, 0.2) is 6.61 Å². The zero-order valence-corrected chi connectivity index (χ0v) is 14.0. The van der Waals surface area contributed by atoms with E-state index in [9.17, 15) is 27.6 Å². The third kappa shape index (κ3) is 3.15. The van der Waals surface area contributed by atoms with E-state index in [1.807, 2.05) is 0 Å². The SMILES string of the molecule is O=C(COC(=O)[C@@H]1[C@@H]2C[C@H]3[C@@H]1C(=O)O[C@@H]3C2)Nc1cccc(C(F)(F)F)c1. The molecule has 1 aromatic carbocycles. The molecule has 3 aliphatic rings. The number of alkyl halides is 3. The van der Waals surface area contributed by atoms with Crippen LogP contribution in [0.25, 0.3) is 0 Å². The van der Waals surface area contributed by atoms with Gasteiger partial charge in [0.1, 0.15) is 6.10 Å². The highest BCUT2D eigenvalue weighted by Gasteiger charge is 2.64. The number of amides is 1. The molecule has 0 unspecified atom stereocenters. The van der Waals surface area contributed by atoms with E-state index in [1.165, 1.54) is 12.1 Å². The largest absolute Gasteiger partial charge is 0.462 e. The molecule has 5 atom stereocenters. The van der Waals surface area contributed by atoms with Gasteiger partial charge in [-0.05, 0) is 37.0 Å². The Bertz CT molecular complexity index is 806. The summed E-state index contributed by atoms with van der Waals surface area (Å²) in [5, 5.41) is 2.27. The number of hydrogen-bond donors (Lipinski definition) is 1. The van der Waals surface area contributed by atoms with Crippen LogP contribution in [0.2, 0.25) is 0 Å². The van der Waals surface area contributed by atoms with Crippen LogP contribution < -0.4 is 5.32 Å². The molecule has 0 aromatic heterocycles. The minimum absolute atomic E-state index is 0.00970. The van der Waals surface area contributed by atoms with Gasteiger partial charge in [-0.3, -0.25) is 14.4 Å². The number of fused-ring (bicyclic) bond motifs is 1. The number of nitrogens with one attached hydrogen (secondary N) is 1. The van der Waals surface area contributed by atoms with Gasteiger partial charge in [0, 0.05) is 11.6 Å². The zero-order chi connectivity index (χ0) is 19.3. The molecule has 1 N–H and O–H groups in total. The number of benzene rings is 1. The number of halogens is 3. The molecule has 9 heteroatoms. The number of ether oxygens (including phenoxy) is 2. The molecule has 1 aliphatic heterocycles. The van der Waals surface area contributed by atoms with Crippen molar-refractivity contribution in [2.45, 2.75) is 25.1 Å². The molecule has 1 saturated heterocycles. The minimum Gasteiger partial charge on any atom is -0.462 e. The number of anilines is 1. The molecule has 2 saturated carbocycles. The molecule has 1 heterocycles. The Kier molecular flexibility index (Phi) is 4.12. The van der Waals surface area contributed by atoms with Crippen LogP contribution >= 0.6 is 0 Å². The van der Waals surface area contributed by atoms with Crippen molar-refractivity contribution in [2.24, 2.45) is 23.7 Å². The van der Waals surface area contributed by atoms with Crippen LogP contribution in [-0.2, 0) is 30.0 Å². The molecule has 0 spiro atoms. The van der Waals surface area contributed by atoms with Crippen LogP contribution in [0.3, 0.4) is 0 Å². The van der Waals surface area contributed by atoms with E-state index in [0.717, 1.165) is 18.6 Å². The quantitative estimate of drug-likeness (QED) is 0.808. The second kappa shape index (κ2) is 6.24. The Morgan fingerprint density at radius 2 is 2.04 bits per heavy atom. The van der Waals surface area contributed by atoms with Crippen molar-refractivity contribution in [3.8, 4) is 0 Å². The lowest BCUT2D eigenvalue weighted by Gasteiger charge is -2.22. The Morgan fingerprint density at radius 3 is 2.78 bits per heavy atom. The Balaban J connectivity index is 1.34. The first kappa shape index (κ1) is 17.8. The molecule has 2 aliphatic carbocycles. The molecule has 2 bridgehead atoms. The van der Waals surface area contributed by atoms with Gasteiger partial charge in [-0.25, -0.2) is 0 Å². The molecule has 1 amide bonds. The molecule has 27 heavy (non-hydrogen) atoms. The summed E-state index contributed by atoms with van der Waals surface area (Å²) in [6, 6.07) is 4.16. The van der Waals surface area contributed by atoms with Crippen LogP contribution in [0, 0.1) is 23.7 Å². The summed E-state index contributed by atoms with van der Waals surface area (Å²) in [6.45, 7) is -0.631. The highest BCUT2D eigenvalue weighted by molar-refractivity contribution is 5.93. The van der Waals surface area contributed by atoms with Crippen molar-refractivity contribution >= 4 is 23.5 Å². The standard InChI is InChI=1S/C18H16F3NO5/c19-18(20,21)9-2-1-3-10(6-9)22-13(23)7-26-16(24)14-8-4-11-12(5-8)27-17(25)15(11)14/h1-3,6,8,11-12,14-15H,4-5,7H2,(H,22,23)/t8-,11-,12-,14-,15+/m1/s1. The zero-order valence-electron chi connectivity index (χ0n) is 14.0. The van der Waals surface area contributed by atoms with Gasteiger partial charge < -0.3 is 14.8 Å². The van der Waals surface area contributed by atoms with Gasteiger partial charge in [-0.2, -0.15) is 13.2 Å². The van der Waals surface area contributed by atoms with Gasteiger partial charge in [0.25, 0.3) is 5.91 Å². The molecule has 0 radical (unpaired) electrons. The highest BCUT2D eigenvalue weighted by Crippen LogP contribution is 2.57. The molecule has 4 rings (SSSR count). The van der Waals surface area contributed by atoms with Gasteiger partial charge in [0.05, 0.1) is 17.4 Å². The smallest absolute Gasteiger partial charge is 0.416 e. The summed E-state index contributed by atoms with van der Waals surface area (Å²) in [7, 11) is 0. The minimum atomic E-state index is -4.53. The molecule has 6 nitrogen and oxygen atoms in total. The Morgan fingerprint density at radius 1 is 1.26 bits per heavy atom. The van der Waals surface area contributed by atoms with Gasteiger partial charge in [-0.15, -0.1) is 0 Å². The van der Waals surface area contributed by atoms with Crippen molar-refractivity contribution in [3.63, 3.8) is 0 Å². The fraction of sp³-hybridized carbons (Fsp3) is 0.500. The predicted molar refractivity (Wildman–Crippen MR) is 84.1 cm³/mol. The van der Waals surface area contributed by atoms with Crippen molar-refractivity contribution < 1.29 is 37.0 Å². The van der Waals surface area contributed by atoms with E-state index in [-0.39, 0.29) is 29.6 Å². The number of carbonyl (C=O) groups excluding carboxylic acids is 3. The summed E-state index contributed by atoms with van der Waals surface area (Å²) in [5.41, 5.74) is -0.943.